The van der Waals surface area contributed by atoms with E-state index in [1.807, 2.05) is 12.4 Å². The second kappa shape index (κ2) is 11.6. The number of benzene rings is 1. The molecule has 2 aromatic rings. The molecule has 0 aliphatic carbocycles. The molecule has 0 saturated carbocycles. The number of aromatic nitrogens is 2. The van der Waals surface area contributed by atoms with Crippen LogP contribution in [-0.2, 0) is 16.0 Å². The highest BCUT2D eigenvalue weighted by atomic mass is 19.1. The molecule has 7 nitrogen and oxygen atoms in total. The number of rotatable bonds is 12. The molecule has 0 bridgehead atoms. The van der Waals surface area contributed by atoms with Crippen molar-refractivity contribution >= 4 is 5.95 Å². The van der Waals surface area contributed by atoms with Gasteiger partial charge in [-0.3, -0.25) is 4.90 Å². The smallest absolute Gasteiger partial charge is 0.222 e. The minimum atomic E-state index is -0.351. The number of methoxy groups -OCH3 is 1. The number of ether oxygens (including phenoxy) is 3. The first-order valence-corrected chi connectivity index (χ1v) is 9.99. The molecule has 158 valence electrons. The summed E-state index contributed by atoms with van der Waals surface area (Å²) in [6.07, 6.45) is 6.08. The second-order valence-corrected chi connectivity index (χ2v) is 6.98. The first kappa shape index (κ1) is 21.4. The van der Waals surface area contributed by atoms with Crippen LogP contribution >= 0.6 is 0 Å². The van der Waals surface area contributed by atoms with Gasteiger partial charge >= 0.3 is 0 Å². The molecule has 1 saturated heterocycles. The van der Waals surface area contributed by atoms with E-state index in [1.165, 1.54) is 6.07 Å². The van der Waals surface area contributed by atoms with Gasteiger partial charge in [-0.1, -0.05) is 12.1 Å². The Balaban J connectivity index is 1.47. The molecule has 1 fully saturated rings. The standard InChI is InChI=1S/C21H29FN4O3/c1-27-11-8-26(9-12-29-20-7-3-2-6-19(20)22)16-17-13-23-21(24-14-17)25-15-18-5-4-10-28-18/h2-3,6-7,13-14,18H,4-5,8-12,15-16H2,1H3,(H,23,24,25). The Bertz CT molecular complexity index is 726. The van der Waals surface area contributed by atoms with E-state index in [0.29, 0.717) is 32.3 Å². The first-order chi connectivity index (χ1) is 14.2. The largest absolute Gasteiger partial charge is 0.489 e. The molecule has 2 heterocycles. The van der Waals surface area contributed by atoms with Crippen LogP contribution in [0.5, 0.6) is 5.75 Å². The van der Waals surface area contributed by atoms with Gasteiger partial charge in [-0.05, 0) is 25.0 Å². The minimum absolute atomic E-state index is 0.247. The summed E-state index contributed by atoms with van der Waals surface area (Å²) in [5, 5.41) is 3.22. The second-order valence-electron chi connectivity index (χ2n) is 6.98. The molecule has 1 aromatic heterocycles. The van der Waals surface area contributed by atoms with Crippen LogP contribution < -0.4 is 10.1 Å². The Morgan fingerprint density at radius 3 is 2.72 bits per heavy atom. The number of nitrogens with zero attached hydrogens (tertiary/aromatic N) is 3. The first-order valence-electron chi connectivity index (χ1n) is 9.99. The van der Waals surface area contributed by atoms with Crippen LogP contribution in [0, 0.1) is 5.82 Å². The van der Waals surface area contributed by atoms with Crippen molar-refractivity contribution < 1.29 is 18.6 Å². The maximum atomic E-state index is 13.7. The molecular formula is C21H29FN4O3. The van der Waals surface area contributed by atoms with Crippen LogP contribution in [0.3, 0.4) is 0 Å². The maximum Gasteiger partial charge on any atom is 0.222 e. The number of anilines is 1. The van der Waals surface area contributed by atoms with Gasteiger partial charge in [0.05, 0.1) is 12.7 Å². The van der Waals surface area contributed by atoms with E-state index in [1.54, 1.807) is 25.3 Å². The SMILES string of the molecule is COCCN(CCOc1ccccc1F)Cc1cnc(NCC2CCCO2)nc1. The minimum Gasteiger partial charge on any atom is -0.489 e. The summed E-state index contributed by atoms with van der Waals surface area (Å²) >= 11 is 0. The summed E-state index contributed by atoms with van der Waals surface area (Å²) in [6.45, 7) is 4.58. The van der Waals surface area contributed by atoms with E-state index in [0.717, 1.165) is 38.1 Å². The summed E-state index contributed by atoms with van der Waals surface area (Å²) in [6, 6.07) is 6.42. The highest BCUT2D eigenvalue weighted by molar-refractivity contribution is 5.25. The Hall–Kier alpha value is -2.29. The molecule has 1 unspecified atom stereocenters. The van der Waals surface area contributed by atoms with Crippen LogP contribution in [0.2, 0.25) is 0 Å². The van der Waals surface area contributed by atoms with E-state index in [2.05, 4.69) is 20.2 Å². The van der Waals surface area contributed by atoms with Crippen molar-refractivity contribution in [3.05, 3.63) is 48.0 Å². The van der Waals surface area contributed by atoms with Gasteiger partial charge in [0.25, 0.3) is 0 Å². The predicted octanol–water partition coefficient (Wildman–Crippen LogP) is 2.73. The fourth-order valence-corrected chi connectivity index (χ4v) is 3.13. The van der Waals surface area contributed by atoms with E-state index < -0.39 is 0 Å². The van der Waals surface area contributed by atoms with Crippen molar-refractivity contribution in [3.8, 4) is 5.75 Å². The fraction of sp³-hybridized carbons (Fsp3) is 0.524. The zero-order valence-corrected chi connectivity index (χ0v) is 16.8. The molecule has 8 heteroatoms. The van der Waals surface area contributed by atoms with Crippen LogP contribution in [0.1, 0.15) is 18.4 Å². The molecule has 1 aromatic carbocycles. The van der Waals surface area contributed by atoms with Crippen molar-refractivity contribution in [3.63, 3.8) is 0 Å². The summed E-state index contributed by atoms with van der Waals surface area (Å²) in [5.74, 6) is 0.523. The zero-order chi connectivity index (χ0) is 20.3. The van der Waals surface area contributed by atoms with Gasteiger partial charge in [-0.15, -0.1) is 0 Å². The van der Waals surface area contributed by atoms with Crippen molar-refractivity contribution in [2.45, 2.75) is 25.5 Å². The predicted molar refractivity (Wildman–Crippen MR) is 109 cm³/mol. The van der Waals surface area contributed by atoms with E-state index >= 15 is 0 Å². The summed E-state index contributed by atoms with van der Waals surface area (Å²) < 4.78 is 30.0. The summed E-state index contributed by atoms with van der Waals surface area (Å²) in [5.41, 5.74) is 0.995. The van der Waals surface area contributed by atoms with Crippen molar-refractivity contribution in [1.29, 1.82) is 0 Å². The lowest BCUT2D eigenvalue weighted by atomic mass is 10.2. The van der Waals surface area contributed by atoms with Crippen molar-refractivity contribution in [2.75, 3.05) is 51.9 Å². The average molecular weight is 404 g/mol. The molecule has 1 N–H and O–H groups in total. The van der Waals surface area contributed by atoms with E-state index in [9.17, 15) is 4.39 Å². The van der Waals surface area contributed by atoms with Crippen LogP contribution in [0.25, 0.3) is 0 Å². The molecule has 0 amide bonds. The molecule has 3 rings (SSSR count). The molecule has 1 atom stereocenters. The Morgan fingerprint density at radius 1 is 1.21 bits per heavy atom. The number of nitrogens with one attached hydrogen (secondary N) is 1. The maximum absolute atomic E-state index is 13.7. The third-order valence-electron chi connectivity index (χ3n) is 4.74. The highest BCUT2D eigenvalue weighted by Gasteiger charge is 2.15. The number of para-hydroxylation sites is 1. The lowest BCUT2D eigenvalue weighted by Crippen LogP contribution is -2.31. The van der Waals surface area contributed by atoms with E-state index in [-0.39, 0.29) is 17.7 Å². The van der Waals surface area contributed by atoms with Gasteiger partial charge in [0.1, 0.15) is 6.61 Å². The Kier molecular flexibility index (Phi) is 8.60. The lowest BCUT2D eigenvalue weighted by Gasteiger charge is -2.22. The number of halogens is 1. The normalized spacial score (nSPS) is 16.3. The topological polar surface area (TPSA) is 68.7 Å². The molecule has 1 aliphatic rings. The van der Waals surface area contributed by atoms with Crippen molar-refractivity contribution in [1.82, 2.24) is 14.9 Å². The van der Waals surface area contributed by atoms with E-state index in [4.69, 9.17) is 14.2 Å². The molecule has 0 spiro atoms. The van der Waals surface area contributed by atoms with Crippen molar-refractivity contribution in [2.24, 2.45) is 0 Å². The quantitative estimate of drug-likeness (QED) is 0.583. The van der Waals surface area contributed by atoms with Crippen LogP contribution in [0.15, 0.2) is 36.7 Å². The molecule has 0 radical (unpaired) electrons. The summed E-state index contributed by atoms with van der Waals surface area (Å²) in [7, 11) is 1.67. The average Bonchev–Trinajstić information content (AvgIpc) is 3.26. The zero-order valence-electron chi connectivity index (χ0n) is 16.8. The van der Waals surface area contributed by atoms with Gasteiger partial charge in [0.15, 0.2) is 11.6 Å². The number of hydrogen-bond donors (Lipinski definition) is 1. The molecule has 29 heavy (non-hydrogen) atoms. The lowest BCUT2D eigenvalue weighted by molar-refractivity contribution is 0.120. The van der Waals surface area contributed by atoms with Crippen LogP contribution in [0.4, 0.5) is 10.3 Å². The molecule has 1 aliphatic heterocycles. The van der Waals surface area contributed by atoms with Gasteiger partial charge < -0.3 is 19.5 Å². The monoisotopic (exact) mass is 404 g/mol. The number of hydrogen-bond acceptors (Lipinski definition) is 7. The third kappa shape index (κ3) is 7.23. The third-order valence-corrected chi connectivity index (χ3v) is 4.74. The van der Waals surface area contributed by atoms with Gasteiger partial charge in [0.2, 0.25) is 5.95 Å². The highest BCUT2D eigenvalue weighted by Crippen LogP contribution is 2.15. The van der Waals surface area contributed by atoms with Gasteiger partial charge in [0, 0.05) is 57.9 Å². The van der Waals surface area contributed by atoms with Gasteiger partial charge in [-0.2, -0.15) is 0 Å². The molecular weight excluding hydrogens is 375 g/mol. The van der Waals surface area contributed by atoms with Gasteiger partial charge in [-0.25, -0.2) is 14.4 Å². The Labute approximate surface area is 171 Å². The summed E-state index contributed by atoms with van der Waals surface area (Å²) in [4.78, 5) is 11.0. The van der Waals surface area contributed by atoms with Crippen LogP contribution in [-0.4, -0.2) is 67.5 Å². The fourth-order valence-electron chi connectivity index (χ4n) is 3.13. The Morgan fingerprint density at radius 2 is 2.00 bits per heavy atom.